The monoisotopic (exact) mass is 347 g/mol. The SMILES string of the molecule is CC(=O)NCCO[C@]1(CO)O[C@@H](n2ccc(=O)[nH]c2=O)[C@@H](F)[C@@H]1O. The molecule has 24 heavy (non-hydrogen) atoms. The van der Waals surface area contributed by atoms with Gasteiger partial charge in [-0.2, -0.15) is 0 Å². The van der Waals surface area contributed by atoms with Gasteiger partial charge in [0, 0.05) is 25.7 Å². The van der Waals surface area contributed by atoms with Crippen LogP contribution in [0.5, 0.6) is 0 Å². The number of aliphatic hydroxyl groups excluding tert-OH is 2. The molecule has 134 valence electrons. The maximum atomic E-state index is 14.4. The number of aliphatic hydroxyl groups is 2. The van der Waals surface area contributed by atoms with E-state index < -0.39 is 42.1 Å². The van der Waals surface area contributed by atoms with Crippen molar-refractivity contribution in [1.82, 2.24) is 14.9 Å². The third-order valence-electron chi connectivity index (χ3n) is 3.51. The largest absolute Gasteiger partial charge is 0.391 e. The molecule has 11 heteroatoms. The first-order chi connectivity index (χ1) is 11.3. The van der Waals surface area contributed by atoms with Crippen LogP contribution in [-0.4, -0.2) is 63.5 Å². The summed E-state index contributed by atoms with van der Waals surface area (Å²) in [5, 5.41) is 21.9. The quantitative estimate of drug-likeness (QED) is 0.420. The van der Waals surface area contributed by atoms with Gasteiger partial charge in [0.05, 0.1) is 6.61 Å². The summed E-state index contributed by atoms with van der Waals surface area (Å²) in [6, 6.07) is 0.987. The maximum absolute atomic E-state index is 14.4. The lowest BCUT2D eigenvalue weighted by atomic mass is 10.1. The van der Waals surface area contributed by atoms with Gasteiger partial charge in [-0.3, -0.25) is 19.1 Å². The van der Waals surface area contributed by atoms with E-state index in [0.29, 0.717) is 0 Å². The molecule has 1 aliphatic rings. The van der Waals surface area contributed by atoms with Gasteiger partial charge in [0.2, 0.25) is 11.7 Å². The van der Waals surface area contributed by atoms with Crippen LogP contribution in [0.3, 0.4) is 0 Å². The Bertz CT molecular complexity index is 705. The van der Waals surface area contributed by atoms with Crippen molar-refractivity contribution in [2.24, 2.45) is 0 Å². The Morgan fingerprint density at radius 1 is 1.58 bits per heavy atom. The lowest BCUT2D eigenvalue weighted by molar-refractivity contribution is -0.281. The van der Waals surface area contributed by atoms with Gasteiger partial charge in [0.1, 0.15) is 12.7 Å². The normalized spacial score (nSPS) is 29.6. The number of alkyl halides is 1. The van der Waals surface area contributed by atoms with Gasteiger partial charge in [0.25, 0.3) is 5.56 Å². The zero-order valence-corrected chi connectivity index (χ0v) is 12.8. The second kappa shape index (κ2) is 7.21. The molecular formula is C13H18FN3O7. The molecule has 1 aromatic heterocycles. The van der Waals surface area contributed by atoms with Gasteiger partial charge in [-0.1, -0.05) is 0 Å². The highest BCUT2D eigenvalue weighted by atomic mass is 19.1. The van der Waals surface area contributed by atoms with E-state index in [-0.39, 0.29) is 19.1 Å². The van der Waals surface area contributed by atoms with Crippen molar-refractivity contribution >= 4 is 5.91 Å². The number of halogens is 1. The van der Waals surface area contributed by atoms with Crippen molar-refractivity contribution in [1.29, 1.82) is 0 Å². The molecule has 4 N–H and O–H groups in total. The average molecular weight is 347 g/mol. The van der Waals surface area contributed by atoms with Crippen molar-refractivity contribution in [2.45, 2.75) is 31.2 Å². The Hall–Kier alpha value is -2.08. The van der Waals surface area contributed by atoms with Gasteiger partial charge >= 0.3 is 5.69 Å². The summed E-state index contributed by atoms with van der Waals surface area (Å²) >= 11 is 0. The Balaban J connectivity index is 2.18. The molecule has 1 fully saturated rings. The molecule has 0 saturated carbocycles. The zero-order valence-electron chi connectivity index (χ0n) is 12.8. The number of carbonyl (C=O) groups is 1. The molecule has 4 atom stereocenters. The van der Waals surface area contributed by atoms with Crippen LogP contribution in [0.4, 0.5) is 4.39 Å². The molecule has 0 unspecified atom stereocenters. The molecule has 0 aliphatic carbocycles. The van der Waals surface area contributed by atoms with Crippen molar-refractivity contribution in [3.8, 4) is 0 Å². The summed E-state index contributed by atoms with van der Waals surface area (Å²) in [5.41, 5.74) is -1.61. The molecule has 1 saturated heterocycles. The summed E-state index contributed by atoms with van der Waals surface area (Å²) in [5.74, 6) is -2.41. The Kier molecular flexibility index (Phi) is 5.49. The number of ether oxygens (including phenoxy) is 2. The van der Waals surface area contributed by atoms with Gasteiger partial charge in [-0.05, 0) is 0 Å². The molecule has 1 amide bonds. The lowest BCUT2D eigenvalue weighted by Gasteiger charge is -2.29. The van der Waals surface area contributed by atoms with Gasteiger partial charge in [-0.15, -0.1) is 0 Å². The van der Waals surface area contributed by atoms with E-state index in [0.717, 1.165) is 16.8 Å². The summed E-state index contributed by atoms with van der Waals surface area (Å²) < 4.78 is 25.6. The second-order valence-corrected chi connectivity index (χ2v) is 5.22. The minimum Gasteiger partial charge on any atom is -0.391 e. The van der Waals surface area contributed by atoms with Crippen molar-refractivity contribution in [3.63, 3.8) is 0 Å². The number of H-pyrrole nitrogens is 1. The number of hydrogen-bond donors (Lipinski definition) is 4. The maximum Gasteiger partial charge on any atom is 0.330 e. The molecule has 2 rings (SSSR count). The van der Waals surface area contributed by atoms with E-state index in [1.807, 2.05) is 4.98 Å². The fraction of sp³-hybridized carbons (Fsp3) is 0.615. The molecule has 2 heterocycles. The zero-order chi connectivity index (χ0) is 17.9. The van der Waals surface area contributed by atoms with Crippen LogP contribution in [0.15, 0.2) is 21.9 Å². The number of nitrogens with zero attached hydrogens (tertiary/aromatic N) is 1. The molecule has 10 nitrogen and oxygen atoms in total. The van der Waals surface area contributed by atoms with E-state index in [1.54, 1.807) is 0 Å². The third-order valence-corrected chi connectivity index (χ3v) is 3.51. The highest BCUT2D eigenvalue weighted by Crippen LogP contribution is 2.38. The van der Waals surface area contributed by atoms with Crippen LogP contribution >= 0.6 is 0 Å². The average Bonchev–Trinajstić information content (AvgIpc) is 2.77. The van der Waals surface area contributed by atoms with Crippen LogP contribution in [-0.2, 0) is 14.3 Å². The van der Waals surface area contributed by atoms with Crippen LogP contribution in [0.2, 0.25) is 0 Å². The minimum atomic E-state index is -2.10. The van der Waals surface area contributed by atoms with Crippen molar-refractivity contribution < 1.29 is 28.9 Å². The molecule has 1 aromatic rings. The number of aromatic nitrogens is 2. The first-order valence-corrected chi connectivity index (χ1v) is 7.11. The smallest absolute Gasteiger partial charge is 0.330 e. The lowest BCUT2D eigenvalue weighted by Crippen LogP contribution is -2.49. The predicted octanol–water partition coefficient (Wildman–Crippen LogP) is -2.39. The summed E-state index contributed by atoms with van der Waals surface area (Å²) in [7, 11) is 0. The predicted molar refractivity (Wildman–Crippen MR) is 76.8 cm³/mol. The van der Waals surface area contributed by atoms with Crippen LogP contribution < -0.4 is 16.6 Å². The fourth-order valence-corrected chi connectivity index (χ4v) is 2.32. The van der Waals surface area contributed by atoms with Gasteiger partial charge < -0.3 is 25.0 Å². The number of hydrogen-bond acceptors (Lipinski definition) is 7. The topological polar surface area (TPSA) is 143 Å². The summed E-state index contributed by atoms with van der Waals surface area (Å²) in [6.45, 7) is 0.284. The number of nitrogens with one attached hydrogen (secondary N) is 2. The number of carbonyl (C=O) groups excluding carboxylic acids is 1. The minimum absolute atomic E-state index is 0.0490. The van der Waals surface area contributed by atoms with Crippen molar-refractivity contribution in [2.75, 3.05) is 19.8 Å². The van der Waals surface area contributed by atoms with E-state index in [2.05, 4.69) is 5.32 Å². The summed E-state index contributed by atoms with van der Waals surface area (Å²) in [6.07, 6.45) is -4.57. The van der Waals surface area contributed by atoms with Crippen LogP contribution in [0, 0.1) is 0 Å². The van der Waals surface area contributed by atoms with E-state index >= 15 is 0 Å². The van der Waals surface area contributed by atoms with Gasteiger partial charge in [-0.25, -0.2) is 9.18 Å². The van der Waals surface area contributed by atoms with Crippen molar-refractivity contribution in [3.05, 3.63) is 33.1 Å². The first-order valence-electron chi connectivity index (χ1n) is 7.11. The number of amides is 1. The number of rotatable bonds is 6. The highest BCUT2D eigenvalue weighted by molar-refractivity contribution is 5.72. The Labute approximate surface area is 134 Å². The van der Waals surface area contributed by atoms with E-state index in [9.17, 15) is 29.0 Å². The second-order valence-electron chi connectivity index (χ2n) is 5.22. The molecule has 0 aromatic carbocycles. The molecule has 0 spiro atoms. The number of aromatic amines is 1. The van der Waals surface area contributed by atoms with Gasteiger partial charge in [0.15, 0.2) is 12.4 Å². The molecule has 0 bridgehead atoms. The Morgan fingerprint density at radius 3 is 2.88 bits per heavy atom. The Morgan fingerprint density at radius 2 is 2.29 bits per heavy atom. The van der Waals surface area contributed by atoms with Crippen LogP contribution in [0.1, 0.15) is 13.2 Å². The molecular weight excluding hydrogens is 329 g/mol. The summed E-state index contributed by atoms with van der Waals surface area (Å²) in [4.78, 5) is 35.5. The molecule has 0 radical (unpaired) electrons. The van der Waals surface area contributed by atoms with Crippen LogP contribution in [0.25, 0.3) is 0 Å². The highest BCUT2D eigenvalue weighted by Gasteiger charge is 2.57. The molecule has 1 aliphatic heterocycles. The first kappa shape index (κ1) is 18.3. The van der Waals surface area contributed by atoms with E-state index in [1.165, 1.54) is 6.92 Å². The standard InChI is InChI=1S/C13H18FN3O7/c1-7(19)15-3-5-23-13(6-18)10(21)9(14)11(24-13)17-4-2-8(20)16-12(17)22/h2,4,9-11,18,21H,3,5-6H2,1H3,(H,15,19)(H,16,20,22)/t9-,10-,11+,13+/m0/s1. The fourth-order valence-electron chi connectivity index (χ4n) is 2.32. The third kappa shape index (κ3) is 3.53. The van der Waals surface area contributed by atoms with E-state index in [4.69, 9.17) is 9.47 Å².